The number of hydrogen-bond acceptors (Lipinski definition) is 7. The second-order valence-corrected chi connectivity index (χ2v) is 13.2. The highest BCUT2D eigenvalue weighted by Crippen LogP contribution is 2.42. The van der Waals surface area contributed by atoms with Gasteiger partial charge in [-0.3, -0.25) is 0 Å². The molecule has 0 radical (unpaired) electrons. The molecule has 0 N–H and O–H groups in total. The van der Waals surface area contributed by atoms with Gasteiger partial charge in [-0.2, -0.15) is 0 Å². The Labute approximate surface area is 290 Å². The molecule has 0 saturated carbocycles. The van der Waals surface area contributed by atoms with E-state index in [9.17, 15) is 0 Å². The number of hydrogen-bond donors (Lipinski definition) is 0. The van der Waals surface area contributed by atoms with E-state index in [0.717, 1.165) is 70.2 Å². The van der Waals surface area contributed by atoms with Crippen molar-refractivity contribution in [2.45, 2.75) is 0 Å². The lowest BCUT2D eigenvalue weighted by molar-refractivity contribution is 0.667. The molecule has 0 aliphatic carbocycles. The molecule has 4 aromatic heterocycles. The smallest absolute Gasteiger partial charge is 0.180 e. The van der Waals surface area contributed by atoms with Crippen LogP contribution in [0.2, 0.25) is 0 Å². The first-order valence-corrected chi connectivity index (χ1v) is 17.2. The zero-order valence-corrected chi connectivity index (χ0v) is 27.3. The van der Waals surface area contributed by atoms with Gasteiger partial charge in [0.2, 0.25) is 0 Å². The SMILES string of the molecule is c1ccc(-c2nc(-c3ccccc3)nc(-c3ccc4c(c3)sc3cccc(-c5nc(-c6ccccc6)c6oc7ccccc7c6n5)c34)n2)cc1. The molecular formula is C43H25N5OS. The van der Waals surface area contributed by atoms with Crippen LogP contribution in [0, 0.1) is 0 Å². The molecule has 6 aromatic carbocycles. The molecule has 7 heteroatoms. The van der Waals surface area contributed by atoms with E-state index in [0.29, 0.717) is 28.9 Å². The Morgan fingerprint density at radius 2 is 1.04 bits per heavy atom. The third-order valence-electron chi connectivity index (χ3n) is 8.96. The molecule has 0 fully saturated rings. The highest BCUT2D eigenvalue weighted by atomic mass is 32.1. The highest BCUT2D eigenvalue weighted by molar-refractivity contribution is 7.26. The van der Waals surface area contributed by atoms with Crippen LogP contribution in [0.1, 0.15) is 0 Å². The summed E-state index contributed by atoms with van der Waals surface area (Å²) in [5.74, 6) is 2.57. The van der Waals surface area contributed by atoms with Gasteiger partial charge < -0.3 is 4.42 Å². The van der Waals surface area contributed by atoms with Crippen LogP contribution >= 0.6 is 11.3 Å². The Bertz CT molecular complexity index is 2810. The Kier molecular flexibility index (Phi) is 6.57. The van der Waals surface area contributed by atoms with Crippen molar-refractivity contribution >= 4 is 53.6 Å². The first-order valence-electron chi connectivity index (χ1n) is 16.3. The van der Waals surface area contributed by atoms with E-state index in [2.05, 4.69) is 54.6 Å². The van der Waals surface area contributed by atoms with E-state index in [1.807, 2.05) is 97.1 Å². The van der Waals surface area contributed by atoms with E-state index >= 15 is 0 Å². The summed E-state index contributed by atoms with van der Waals surface area (Å²) in [7, 11) is 0. The van der Waals surface area contributed by atoms with Crippen LogP contribution in [0.5, 0.6) is 0 Å². The fourth-order valence-corrected chi connectivity index (χ4v) is 7.76. The van der Waals surface area contributed by atoms with Crippen molar-refractivity contribution in [3.05, 3.63) is 152 Å². The molecule has 0 saturated heterocycles. The molecule has 0 atom stereocenters. The summed E-state index contributed by atoms with van der Waals surface area (Å²) < 4.78 is 8.65. The van der Waals surface area contributed by atoms with Crippen LogP contribution in [-0.2, 0) is 0 Å². The van der Waals surface area contributed by atoms with E-state index in [4.69, 9.17) is 29.3 Å². The molecular weight excluding hydrogens is 635 g/mol. The minimum Gasteiger partial charge on any atom is -0.452 e. The second kappa shape index (κ2) is 11.5. The lowest BCUT2D eigenvalue weighted by Crippen LogP contribution is -2.00. The van der Waals surface area contributed by atoms with Gasteiger partial charge in [0.15, 0.2) is 28.9 Å². The molecule has 50 heavy (non-hydrogen) atoms. The van der Waals surface area contributed by atoms with E-state index < -0.39 is 0 Å². The number of furan rings is 1. The predicted molar refractivity (Wildman–Crippen MR) is 203 cm³/mol. The fourth-order valence-electron chi connectivity index (χ4n) is 6.59. The van der Waals surface area contributed by atoms with E-state index in [-0.39, 0.29) is 0 Å². The number of fused-ring (bicyclic) bond motifs is 6. The maximum atomic E-state index is 6.36. The number of aromatic nitrogens is 5. The number of para-hydroxylation sites is 1. The summed E-state index contributed by atoms with van der Waals surface area (Å²) in [6.45, 7) is 0. The van der Waals surface area contributed by atoms with Gasteiger partial charge in [0.25, 0.3) is 0 Å². The second-order valence-electron chi connectivity index (χ2n) is 12.1. The lowest BCUT2D eigenvalue weighted by Gasteiger charge is -2.09. The van der Waals surface area contributed by atoms with Gasteiger partial charge in [-0.25, -0.2) is 24.9 Å². The number of benzene rings is 6. The maximum absolute atomic E-state index is 6.36. The highest BCUT2D eigenvalue weighted by Gasteiger charge is 2.21. The first-order chi connectivity index (χ1) is 24.8. The minimum absolute atomic E-state index is 0.630. The number of nitrogens with zero attached hydrogens (tertiary/aromatic N) is 5. The van der Waals surface area contributed by atoms with Gasteiger partial charge in [0, 0.05) is 53.4 Å². The summed E-state index contributed by atoms with van der Waals surface area (Å²) >= 11 is 1.74. The molecule has 234 valence electrons. The van der Waals surface area contributed by atoms with Gasteiger partial charge in [0.05, 0.1) is 0 Å². The molecule has 0 bridgehead atoms. The van der Waals surface area contributed by atoms with Gasteiger partial charge in [-0.05, 0) is 24.3 Å². The molecule has 6 nitrogen and oxygen atoms in total. The largest absolute Gasteiger partial charge is 0.452 e. The first kappa shape index (κ1) is 28.4. The molecule has 4 heterocycles. The number of thiophene rings is 1. The normalized spacial score (nSPS) is 11.6. The molecule has 0 aliphatic rings. The Morgan fingerprint density at radius 3 is 1.74 bits per heavy atom. The summed E-state index contributed by atoms with van der Waals surface area (Å²) in [5.41, 5.74) is 7.84. The molecule has 0 amide bonds. The molecule has 0 spiro atoms. The third-order valence-corrected chi connectivity index (χ3v) is 10.1. The van der Waals surface area contributed by atoms with E-state index in [1.165, 1.54) is 0 Å². The molecule has 10 rings (SSSR count). The van der Waals surface area contributed by atoms with Crippen molar-refractivity contribution < 1.29 is 4.42 Å². The summed E-state index contributed by atoms with van der Waals surface area (Å²) in [4.78, 5) is 25.2. The zero-order valence-electron chi connectivity index (χ0n) is 26.5. The van der Waals surface area contributed by atoms with Gasteiger partial charge in [0.1, 0.15) is 16.8 Å². The van der Waals surface area contributed by atoms with Crippen LogP contribution in [0.4, 0.5) is 0 Å². The van der Waals surface area contributed by atoms with Crippen LogP contribution in [0.25, 0.3) is 99.1 Å². The van der Waals surface area contributed by atoms with Crippen molar-refractivity contribution in [1.29, 1.82) is 0 Å². The fraction of sp³-hybridized carbons (Fsp3) is 0. The third kappa shape index (κ3) is 4.75. The summed E-state index contributed by atoms with van der Waals surface area (Å²) in [6, 6.07) is 51.2. The van der Waals surface area contributed by atoms with Gasteiger partial charge in [-0.15, -0.1) is 11.3 Å². The Balaban J connectivity index is 1.16. The monoisotopic (exact) mass is 659 g/mol. The average Bonchev–Trinajstić information content (AvgIpc) is 3.76. The molecule has 0 aliphatic heterocycles. The maximum Gasteiger partial charge on any atom is 0.180 e. The van der Waals surface area contributed by atoms with Gasteiger partial charge >= 0.3 is 0 Å². The summed E-state index contributed by atoms with van der Waals surface area (Å²) in [5, 5.41) is 3.22. The average molecular weight is 660 g/mol. The van der Waals surface area contributed by atoms with Crippen molar-refractivity contribution in [1.82, 2.24) is 24.9 Å². The van der Waals surface area contributed by atoms with Crippen molar-refractivity contribution in [2.24, 2.45) is 0 Å². The van der Waals surface area contributed by atoms with Crippen LogP contribution in [0.15, 0.2) is 156 Å². The number of rotatable bonds is 5. The van der Waals surface area contributed by atoms with Crippen molar-refractivity contribution in [3.63, 3.8) is 0 Å². The Morgan fingerprint density at radius 1 is 0.420 bits per heavy atom. The van der Waals surface area contributed by atoms with E-state index in [1.54, 1.807) is 11.3 Å². The van der Waals surface area contributed by atoms with Crippen LogP contribution < -0.4 is 0 Å². The van der Waals surface area contributed by atoms with Gasteiger partial charge in [-0.1, -0.05) is 127 Å². The van der Waals surface area contributed by atoms with Crippen LogP contribution in [-0.4, -0.2) is 24.9 Å². The lowest BCUT2D eigenvalue weighted by atomic mass is 10.0. The van der Waals surface area contributed by atoms with Crippen molar-refractivity contribution in [2.75, 3.05) is 0 Å². The van der Waals surface area contributed by atoms with Crippen LogP contribution in [0.3, 0.4) is 0 Å². The quantitative estimate of drug-likeness (QED) is 0.183. The molecule has 10 aromatic rings. The predicted octanol–water partition coefficient (Wildman–Crippen LogP) is 11.3. The standard InChI is InChI=1S/C43H25N5OS/c1-4-13-26(14-5-1)37-39-38(30-19-10-11-21-33(30)49-39)45-43(44-37)32-20-12-22-34-36(32)31-24-23-29(25-35(31)50-34)42-47-40(27-15-6-2-7-16-27)46-41(48-42)28-17-8-3-9-18-28/h1-25H. The zero-order chi connectivity index (χ0) is 33.0. The van der Waals surface area contributed by atoms with Crippen molar-refractivity contribution in [3.8, 4) is 56.8 Å². The molecule has 0 unspecified atom stereocenters. The topological polar surface area (TPSA) is 77.6 Å². The minimum atomic E-state index is 0.630. The Hall–Kier alpha value is -6.57. The summed E-state index contributed by atoms with van der Waals surface area (Å²) in [6.07, 6.45) is 0.